The number of hydrogen-bond acceptors (Lipinski definition) is 3. The van der Waals surface area contributed by atoms with Crippen LogP contribution in [0, 0.1) is 5.41 Å². The first-order valence-corrected chi connectivity index (χ1v) is 6.89. The van der Waals surface area contributed by atoms with Gasteiger partial charge in [-0.1, -0.05) is 12.1 Å². The molecule has 1 rings (SSSR count). The molecule has 0 aliphatic heterocycles. The Morgan fingerprint density at radius 3 is 2.10 bits per heavy atom. The normalized spacial score (nSPS) is 12.0. The van der Waals surface area contributed by atoms with Crippen molar-refractivity contribution in [1.82, 2.24) is 4.90 Å². The third-order valence-electron chi connectivity index (χ3n) is 3.99. The average Bonchev–Trinajstić information content (AvgIpc) is 2.37. The van der Waals surface area contributed by atoms with Gasteiger partial charge in [0.2, 0.25) is 5.91 Å². The lowest BCUT2D eigenvalue weighted by molar-refractivity contribution is -0.126. The predicted octanol–water partition coefficient (Wildman–Crippen LogP) is 2.09. The summed E-state index contributed by atoms with van der Waals surface area (Å²) in [4.78, 5) is 26.1. The van der Waals surface area contributed by atoms with E-state index >= 15 is 0 Å². The molecule has 0 fully saturated rings. The monoisotopic (exact) mass is 291 g/mol. The number of amides is 2. The third-order valence-corrected chi connectivity index (χ3v) is 3.99. The Labute approximate surface area is 126 Å². The van der Waals surface area contributed by atoms with Gasteiger partial charge in [0.1, 0.15) is 0 Å². The molecule has 0 unspecified atom stereocenters. The number of para-hydroxylation sites is 1. The van der Waals surface area contributed by atoms with Crippen LogP contribution in [0.5, 0.6) is 0 Å². The second kappa shape index (κ2) is 5.85. The maximum absolute atomic E-state index is 12.5. The molecule has 5 heteroatoms. The minimum Gasteiger partial charge on any atom is -0.345 e. The molecule has 0 saturated carbocycles. The molecular formula is C16H25N3O2. The third kappa shape index (κ3) is 3.61. The smallest absolute Gasteiger partial charge is 0.255 e. The number of benzene rings is 1. The summed E-state index contributed by atoms with van der Waals surface area (Å²) >= 11 is 0. The summed E-state index contributed by atoms with van der Waals surface area (Å²) in [5, 5.41) is 2.83. The van der Waals surface area contributed by atoms with Crippen LogP contribution in [0.1, 0.15) is 38.1 Å². The molecule has 0 saturated heterocycles. The molecule has 1 aromatic rings. The fourth-order valence-electron chi connectivity index (χ4n) is 1.59. The van der Waals surface area contributed by atoms with E-state index in [-0.39, 0.29) is 11.8 Å². The fraction of sp³-hybridized carbons (Fsp3) is 0.500. The first-order valence-electron chi connectivity index (χ1n) is 6.89. The second-order valence-electron chi connectivity index (χ2n) is 6.55. The predicted molar refractivity (Wildman–Crippen MR) is 85.1 cm³/mol. The number of carbonyl (C=O) groups excluding carboxylic acids is 2. The minimum absolute atomic E-state index is 0.157. The lowest BCUT2D eigenvalue weighted by Crippen LogP contribution is -2.53. The molecule has 0 aliphatic carbocycles. The SMILES string of the molecule is CN(C)C(=O)c1ccccc1NC(=O)C(C)(C)C(C)(C)N. The van der Waals surface area contributed by atoms with Gasteiger partial charge in [-0.25, -0.2) is 0 Å². The Bertz CT molecular complexity index is 543. The van der Waals surface area contributed by atoms with Gasteiger partial charge < -0.3 is 16.0 Å². The van der Waals surface area contributed by atoms with E-state index in [0.29, 0.717) is 11.3 Å². The molecular weight excluding hydrogens is 266 g/mol. The summed E-state index contributed by atoms with van der Waals surface area (Å²) in [5.41, 5.74) is 5.58. The van der Waals surface area contributed by atoms with Crippen molar-refractivity contribution in [3.63, 3.8) is 0 Å². The summed E-state index contributed by atoms with van der Waals surface area (Å²) in [7, 11) is 3.35. The molecule has 0 atom stereocenters. The highest BCUT2D eigenvalue weighted by atomic mass is 16.2. The minimum atomic E-state index is -0.777. The van der Waals surface area contributed by atoms with Gasteiger partial charge in [-0.15, -0.1) is 0 Å². The van der Waals surface area contributed by atoms with E-state index < -0.39 is 11.0 Å². The van der Waals surface area contributed by atoms with Crippen molar-refractivity contribution < 1.29 is 9.59 Å². The molecule has 0 bridgehead atoms. The van der Waals surface area contributed by atoms with Crippen molar-refractivity contribution in [2.45, 2.75) is 33.2 Å². The van der Waals surface area contributed by atoms with Crippen molar-refractivity contribution in [1.29, 1.82) is 0 Å². The quantitative estimate of drug-likeness (QED) is 0.892. The summed E-state index contributed by atoms with van der Waals surface area (Å²) in [6.45, 7) is 7.20. The van der Waals surface area contributed by atoms with E-state index in [1.807, 2.05) is 13.8 Å². The zero-order chi connectivity index (χ0) is 16.4. The van der Waals surface area contributed by atoms with Gasteiger partial charge in [-0.3, -0.25) is 9.59 Å². The van der Waals surface area contributed by atoms with Crippen molar-refractivity contribution in [3.05, 3.63) is 29.8 Å². The van der Waals surface area contributed by atoms with E-state index in [1.54, 1.807) is 52.2 Å². The van der Waals surface area contributed by atoms with Gasteiger partial charge in [-0.05, 0) is 39.8 Å². The largest absolute Gasteiger partial charge is 0.345 e. The topological polar surface area (TPSA) is 75.4 Å². The summed E-state index contributed by atoms with van der Waals surface area (Å²) in [6, 6.07) is 6.96. The second-order valence-corrected chi connectivity index (χ2v) is 6.55. The molecule has 2 amide bonds. The van der Waals surface area contributed by atoms with Gasteiger partial charge in [-0.2, -0.15) is 0 Å². The van der Waals surface area contributed by atoms with Crippen LogP contribution in [-0.2, 0) is 4.79 Å². The van der Waals surface area contributed by atoms with E-state index in [0.717, 1.165) is 0 Å². The van der Waals surface area contributed by atoms with Crippen LogP contribution in [0.4, 0.5) is 5.69 Å². The Morgan fingerprint density at radius 1 is 1.10 bits per heavy atom. The molecule has 1 aromatic carbocycles. The van der Waals surface area contributed by atoms with Crippen LogP contribution >= 0.6 is 0 Å². The lowest BCUT2D eigenvalue weighted by Gasteiger charge is -2.37. The number of nitrogens with one attached hydrogen (secondary N) is 1. The molecule has 0 radical (unpaired) electrons. The van der Waals surface area contributed by atoms with Crippen LogP contribution in [0.3, 0.4) is 0 Å². The van der Waals surface area contributed by atoms with Gasteiger partial charge in [0.15, 0.2) is 0 Å². The molecule has 0 aliphatic rings. The van der Waals surface area contributed by atoms with E-state index in [9.17, 15) is 9.59 Å². The standard InChI is InChI=1S/C16H25N3O2/c1-15(2,16(3,4)17)14(21)18-12-10-8-7-9-11(12)13(20)19(5)6/h7-10H,17H2,1-6H3,(H,18,21). The van der Waals surface area contributed by atoms with Gasteiger partial charge in [0.05, 0.1) is 16.7 Å². The van der Waals surface area contributed by atoms with Crippen molar-refractivity contribution in [3.8, 4) is 0 Å². The molecule has 0 heterocycles. The number of rotatable bonds is 4. The van der Waals surface area contributed by atoms with Crippen LogP contribution in [-0.4, -0.2) is 36.3 Å². The Hall–Kier alpha value is -1.88. The molecule has 0 aromatic heterocycles. The number of anilines is 1. The number of carbonyl (C=O) groups is 2. The van der Waals surface area contributed by atoms with Gasteiger partial charge in [0.25, 0.3) is 5.91 Å². The molecule has 3 N–H and O–H groups in total. The van der Waals surface area contributed by atoms with Crippen LogP contribution in [0.25, 0.3) is 0 Å². The highest BCUT2D eigenvalue weighted by molar-refractivity contribution is 6.04. The van der Waals surface area contributed by atoms with Crippen molar-refractivity contribution >= 4 is 17.5 Å². The molecule has 21 heavy (non-hydrogen) atoms. The van der Waals surface area contributed by atoms with E-state index in [2.05, 4.69) is 5.32 Å². The molecule has 5 nitrogen and oxygen atoms in total. The average molecular weight is 291 g/mol. The Kier molecular flexibility index (Phi) is 4.79. The first kappa shape index (κ1) is 17.2. The summed E-state index contributed by atoms with van der Waals surface area (Å²) < 4.78 is 0. The highest BCUT2D eigenvalue weighted by Gasteiger charge is 2.40. The highest BCUT2D eigenvalue weighted by Crippen LogP contribution is 2.30. The van der Waals surface area contributed by atoms with Crippen LogP contribution in [0.15, 0.2) is 24.3 Å². The first-order chi connectivity index (χ1) is 9.48. The lowest BCUT2D eigenvalue weighted by atomic mass is 9.74. The fourth-order valence-corrected chi connectivity index (χ4v) is 1.59. The maximum atomic E-state index is 12.5. The van der Waals surface area contributed by atoms with Crippen molar-refractivity contribution in [2.24, 2.45) is 11.1 Å². The number of nitrogens with two attached hydrogens (primary N) is 1. The van der Waals surface area contributed by atoms with Crippen LogP contribution in [0.2, 0.25) is 0 Å². The number of hydrogen-bond donors (Lipinski definition) is 2. The van der Waals surface area contributed by atoms with Crippen LogP contribution < -0.4 is 11.1 Å². The van der Waals surface area contributed by atoms with Crippen molar-refractivity contribution in [2.75, 3.05) is 19.4 Å². The van der Waals surface area contributed by atoms with E-state index in [1.165, 1.54) is 4.90 Å². The zero-order valence-corrected chi connectivity index (χ0v) is 13.7. The van der Waals surface area contributed by atoms with Gasteiger partial charge >= 0.3 is 0 Å². The molecule has 116 valence electrons. The summed E-state index contributed by atoms with van der Waals surface area (Å²) in [5.74, 6) is -0.371. The maximum Gasteiger partial charge on any atom is 0.255 e. The zero-order valence-electron chi connectivity index (χ0n) is 13.7. The van der Waals surface area contributed by atoms with Gasteiger partial charge in [0, 0.05) is 19.6 Å². The summed E-state index contributed by atoms with van der Waals surface area (Å²) in [6.07, 6.45) is 0. The number of nitrogens with zero attached hydrogens (tertiary/aromatic N) is 1. The van der Waals surface area contributed by atoms with E-state index in [4.69, 9.17) is 5.73 Å². The Balaban J connectivity index is 3.10. The Morgan fingerprint density at radius 2 is 1.62 bits per heavy atom. The molecule has 0 spiro atoms.